The van der Waals surface area contributed by atoms with Crippen molar-refractivity contribution in [3.05, 3.63) is 35.9 Å². The topological polar surface area (TPSA) is 46.2 Å². The van der Waals surface area contributed by atoms with E-state index < -0.39 is 0 Å². The van der Waals surface area contributed by atoms with Gasteiger partial charge in [0.2, 0.25) is 0 Å². The number of benzene rings is 1. The Morgan fingerprint density at radius 3 is 2.35 bits per heavy atom. The second-order valence-corrected chi connectivity index (χ2v) is 4.92. The third-order valence-corrected chi connectivity index (χ3v) is 3.36. The molecule has 1 aromatic carbocycles. The van der Waals surface area contributed by atoms with E-state index in [4.69, 9.17) is 0 Å². The Balaban J connectivity index is 2.01. The highest BCUT2D eigenvalue weighted by Crippen LogP contribution is 2.25. The van der Waals surface area contributed by atoms with Crippen LogP contribution in [0.15, 0.2) is 30.3 Å². The molecule has 0 aromatic heterocycles. The Labute approximate surface area is 101 Å². The van der Waals surface area contributed by atoms with Crippen LogP contribution in [0.5, 0.6) is 0 Å². The lowest BCUT2D eigenvalue weighted by Gasteiger charge is -2.34. The Morgan fingerprint density at radius 1 is 1.18 bits per heavy atom. The molecular weight excluding hydrogens is 214 g/mol. The third-order valence-electron chi connectivity index (χ3n) is 3.36. The van der Waals surface area contributed by atoms with Crippen molar-refractivity contribution in [1.29, 1.82) is 0 Å². The summed E-state index contributed by atoms with van der Waals surface area (Å²) in [7, 11) is 0. The molecule has 90 valence electrons. The first-order valence-electron chi connectivity index (χ1n) is 5.98. The van der Waals surface area contributed by atoms with Crippen LogP contribution in [0.3, 0.4) is 0 Å². The van der Waals surface area contributed by atoms with Crippen molar-refractivity contribution < 1.29 is 9.59 Å². The van der Waals surface area contributed by atoms with Gasteiger partial charge in [0.05, 0.1) is 0 Å². The molecule has 1 aliphatic rings. The van der Waals surface area contributed by atoms with Gasteiger partial charge in [-0.05, 0) is 31.9 Å². The number of rotatable bonds is 2. The minimum absolute atomic E-state index is 0.0533. The molecule has 1 aliphatic carbocycles. The number of Topliss-reactive ketones (excluding diaryl/α,β-unsaturated/α-hetero) is 1. The molecule has 1 N–H and O–H groups in total. The van der Waals surface area contributed by atoms with Crippen LogP contribution < -0.4 is 5.32 Å². The van der Waals surface area contributed by atoms with Crippen molar-refractivity contribution in [1.82, 2.24) is 5.32 Å². The van der Waals surface area contributed by atoms with Gasteiger partial charge in [0, 0.05) is 23.9 Å². The standard InChI is InChI=1S/C14H17NO2/c1-14(9-7-12(16)8-10-14)15-13(17)11-5-3-2-4-6-11/h2-6H,7-10H2,1H3,(H,15,17). The first-order chi connectivity index (χ1) is 8.09. The number of amides is 1. The van der Waals surface area contributed by atoms with Crippen molar-refractivity contribution in [3.63, 3.8) is 0 Å². The van der Waals surface area contributed by atoms with Gasteiger partial charge in [0.1, 0.15) is 5.78 Å². The van der Waals surface area contributed by atoms with Gasteiger partial charge in [-0.25, -0.2) is 0 Å². The summed E-state index contributed by atoms with van der Waals surface area (Å²) in [6.07, 6.45) is 2.63. The fourth-order valence-corrected chi connectivity index (χ4v) is 2.14. The summed E-state index contributed by atoms with van der Waals surface area (Å²) < 4.78 is 0. The first-order valence-corrected chi connectivity index (χ1v) is 5.98. The molecule has 1 fully saturated rings. The Kier molecular flexibility index (Phi) is 3.27. The van der Waals surface area contributed by atoms with Crippen molar-refractivity contribution in [2.24, 2.45) is 0 Å². The zero-order valence-corrected chi connectivity index (χ0v) is 10.0. The number of hydrogen-bond acceptors (Lipinski definition) is 2. The number of hydrogen-bond donors (Lipinski definition) is 1. The van der Waals surface area contributed by atoms with Gasteiger partial charge >= 0.3 is 0 Å². The summed E-state index contributed by atoms with van der Waals surface area (Å²) >= 11 is 0. The summed E-state index contributed by atoms with van der Waals surface area (Å²) in [6.45, 7) is 2.01. The van der Waals surface area contributed by atoms with Crippen LogP contribution in [0.4, 0.5) is 0 Å². The molecule has 0 heterocycles. The summed E-state index contributed by atoms with van der Waals surface area (Å²) in [6, 6.07) is 9.18. The second kappa shape index (κ2) is 4.70. The van der Waals surface area contributed by atoms with E-state index in [0.29, 0.717) is 24.2 Å². The number of carbonyl (C=O) groups excluding carboxylic acids is 2. The van der Waals surface area contributed by atoms with Gasteiger partial charge in [-0.2, -0.15) is 0 Å². The van der Waals surface area contributed by atoms with Crippen LogP contribution in [0.2, 0.25) is 0 Å². The molecule has 0 radical (unpaired) electrons. The van der Waals surface area contributed by atoms with Crippen LogP contribution in [0.1, 0.15) is 43.0 Å². The molecule has 0 unspecified atom stereocenters. The number of ketones is 1. The highest BCUT2D eigenvalue weighted by Gasteiger charge is 2.31. The highest BCUT2D eigenvalue weighted by molar-refractivity contribution is 5.94. The van der Waals surface area contributed by atoms with Crippen LogP contribution in [0, 0.1) is 0 Å². The average Bonchev–Trinajstić information content (AvgIpc) is 2.34. The monoisotopic (exact) mass is 231 g/mol. The predicted molar refractivity (Wildman–Crippen MR) is 65.8 cm³/mol. The lowest BCUT2D eigenvalue weighted by Crippen LogP contribution is -2.48. The van der Waals surface area contributed by atoms with E-state index in [2.05, 4.69) is 5.32 Å². The zero-order valence-electron chi connectivity index (χ0n) is 10.0. The molecule has 2 rings (SSSR count). The third kappa shape index (κ3) is 2.93. The van der Waals surface area contributed by atoms with Crippen LogP contribution in [-0.4, -0.2) is 17.2 Å². The van der Waals surface area contributed by atoms with E-state index in [1.54, 1.807) is 12.1 Å². The lowest BCUT2D eigenvalue weighted by molar-refractivity contribution is -0.121. The van der Waals surface area contributed by atoms with E-state index in [-0.39, 0.29) is 11.4 Å². The molecule has 1 saturated carbocycles. The molecule has 1 amide bonds. The summed E-state index contributed by atoms with van der Waals surface area (Å²) in [5.74, 6) is 0.249. The number of nitrogens with one attached hydrogen (secondary N) is 1. The van der Waals surface area contributed by atoms with E-state index in [0.717, 1.165) is 12.8 Å². The van der Waals surface area contributed by atoms with Crippen molar-refractivity contribution in [2.45, 2.75) is 38.1 Å². The molecule has 1 aromatic rings. The maximum absolute atomic E-state index is 12.0. The molecular formula is C14H17NO2. The molecule has 0 aliphatic heterocycles. The Hall–Kier alpha value is -1.64. The van der Waals surface area contributed by atoms with Gasteiger partial charge in [0.25, 0.3) is 5.91 Å². The Morgan fingerprint density at radius 2 is 1.76 bits per heavy atom. The van der Waals surface area contributed by atoms with Gasteiger partial charge in [-0.1, -0.05) is 18.2 Å². The van der Waals surface area contributed by atoms with Gasteiger partial charge in [-0.3, -0.25) is 9.59 Å². The fourth-order valence-electron chi connectivity index (χ4n) is 2.14. The average molecular weight is 231 g/mol. The van der Waals surface area contributed by atoms with Crippen LogP contribution in [0.25, 0.3) is 0 Å². The minimum atomic E-state index is -0.235. The normalized spacial score (nSPS) is 18.8. The molecule has 0 spiro atoms. The van der Waals surface area contributed by atoms with Gasteiger partial charge < -0.3 is 5.32 Å². The predicted octanol–water partition coefficient (Wildman–Crippen LogP) is 2.32. The first kappa shape index (κ1) is 11.8. The quantitative estimate of drug-likeness (QED) is 0.849. The smallest absolute Gasteiger partial charge is 0.251 e. The SMILES string of the molecule is CC1(NC(=O)c2ccccc2)CCC(=O)CC1. The van der Waals surface area contributed by atoms with E-state index >= 15 is 0 Å². The second-order valence-electron chi connectivity index (χ2n) is 4.92. The van der Waals surface area contributed by atoms with E-state index in [9.17, 15) is 9.59 Å². The van der Waals surface area contributed by atoms with E-state index in [1.807, 2.05) is 25.1 Å². The summed E-state index contributed by atoms with van der Waals surface area (Å²) in [4.78, 5) is 23.2. The number of carbonyl (C=O) groups is 2. The lowest BCUT2D eigenvalue weighted by atomic mass is 9.82. The van der Waals surface area contributed by atoms with Crippen LogP contribution in [-0.2, 0) is 4.79 Å². The maximum atomic E-state index is 12.0. The summed E-state index contributed by atoms with van der Waals surface area (Å²) in [5.41, 5.74) is 0.437. The molecule has 0 atom stereocenters. The molecule has 3 nitrogen and oxygen atoms in total. The highest BCUT2D eigenvalue weighted by atomic mass is 16.2. The van der Waals surface area contributed by atoms with Crippen LogP contribution >= 0.6 is 0 Å². The maximum Gasteiger partial charge on any atom is 0.251 e. The van der Waals surface area contributed by atoms with E-state index in [1.165, 1.54) is 0 Å². The molecule has 0 bridgehead atoms. The molecule has 0 saturated heterocycles. The molecule has 17 heavy (non-hydrogen) atoms. The van der Waals surface area contributed by atoms with Crippen molar-refractivity contribution in [2.75, 3.05) is 0 Å². The Bertz CT molecular complexity index is 415. The summed E-state index contributed by atoms with van der Waals surface area (Å²) in [5, 5.41) is 3.04. The minimum Gasteiger partial charge on any atom is -0.347 e. The largest absolute Gasteiger partial charge is 0.347 e. The van der Waals surface area contributed by atoms with Crippen molar-refractivity contribution >= 4 is 11.7 Å². The fraction of sp³-hybridized carbons (Fsp3) is 0.429. The molecule has 3 heteroatoms. The van der Waals surface area contributed by atoms with Crippen molar-refractivity contribution in [3.8, 4) is 0 Å². The van der Waals surface area contributed by atoms with Gasteiger partial charge in [-0.15, -0.1) is 0 Å². The van der Waals surface area contributed by atoms with Gasteiger partial charge in [0.15, 0.2) is 0 Å². The zero-order chi connectivity index (χ0) is 12.3.